The molecule has 1 atom stereocenters. The third-order valence-electron chi connectivity index (χ3n) is 4.29. The van der Waals surface area contributed by atoms with E-state index in [1.165, 1.54) is 16.7 Å². The van der Waals surface area contributed by atoms with E-state index in [9.17, 15) is 5.11 Å². The fourth-order valence-electron chi connectivity index (χ4n) is 3.25. The molecule has 1 unspecified atom stereocenters. The lowest BCUT2D eigenvalue weighted by atomic mass is 9.86. The SMILES string of the molecule is COc1cc(C)cc(C)c1C(N(C)C)C1(CO)CC1. The van der Waals surface area contributed by atoms with Crippen LogP contribution in [0.5, 0.6) is 5.75 Å². The Bertz CT molecular complexity index is 464. The third kappa shape index (κ3) is 2.49. The van der Waals surface area contributed by atoms with Gasteiger partial charge in [0, 0.05) is 17.0 Å². The Morgan fingerprint density at radius 1 is 1.32 bits per heavy atom. The van der Waals surface area contributed by atoms with Crippen LogP contribution in [0.1, 0.15) is 35.6 Å². The molecule has 0 amide bonds. The summed E-state index contributed by atoms with van der Waals surface area (Å²) < 4.78 is 5.60. The number of benzene rings is 1. The number of hydrogen-bond acceptors (Lipinski definition) is 3. The molecule has 0 spiro atoms. The van der Waals surface area contributed by atoms with E-state index in [4.69, 9.17) is 4.74 Å². The van der Waals surface area contributed by atoms with Crippen molar-refractivity contribution < 1.29 is 9.84 Å². The van der Waals surface area contributed by atoms with Crippen molar-refractivity contribution in [1.82, 2.24) is 4.90 Å². The van der Waals surface area contributed by atoms with Gasteiger partial charge in [-0.15, -0.1) is 0 Å². The monoisotopic (exact) mass is 263 g/mol. The Balaban J connectivity index is 2.54. The molecule has 2 rings (SSSR count). The zero-order chi connectivity index (χ0) is 14.2. The Hall–Kier alpha value is -1.06. The molecule has 0 aromatic heterocycles. The zero-order valence-electron chi connectivity index (χ0n) is 12.7. The number of nitrogens with zero attached hydrogens (tertiary/aromatic N) is 1. The van der Waals surface area contributed by atoms with Gasteiger partial charge in [0.15, 0.2) is 0 Å². The molecule has 106 valence electrons. The third-order valence-corrected chi connectivity index (χ3v) is 4.29. The maximum atomic E-state index is 9.78. The minimum Gasteiger partial charge on any atom is -0.496 e. The molecule has 1 aromatic carbocycles. The minimum absolute atomic E-state index is 0.0107. The van der Waals surface area contributed by atoms with E-state index in [0.29, 0.717) is 0 Å². The molecule has 1 N–H and O–H groups in total. The Labute approximate surface area is 116 Å². The van der Waals surface area contributed by atoms with Crippen molar-refractivity contribution in [3.05, 3.63) is 28.8 Å². The Kier molecular flexibility index (Phi) is 3.88. The van der Waals surface area contributed by atoms with Gasteiger partial charge in [0.1, 0.15) is 5.75 Å². The highest BCUT2D eigenvalue weighted by molar-refractivity contribution is 5.46. The van der Waals surface area contributed by atoms with Gasteiger partial charge >= 0.3 is 0 Å². The van der Waals surface area contributed by atoms with Crippen molar-refractivity contribution in [3.8, 4) is 5.75 Å². The molecule has 0 radical (unpaired) electrons. The molecule has 1 saturated carbocycles. The summed E-state index contributed by atoms with van der Waals surface area (Å²) in [6, 6.07) is 4.50. The highest BCUT2D eigenvalue weighted by Gasteiger charge is 2.51. The first kappa shape index (κ1) is 14.4. The van der Waals surface area contributed by atoms with Gasteiger partial charge in [0.2, 0.25) is 0 Å². The van der Waals surface area contributed by atoms with Crippen LogP contribution in [-0.2, 0) is 0 Å². The van der Waals surface area contributed by atoms with E-state index in [0.717, 1.165) is 18.6 Å². The lowest BCUT2D eigenvalue weighted by Crippen LogP contribution is -2.32. The van der Waals surface area contributed by atoms with Gasteiger partial charge in [-0.25, -0.2) is 0 Å². The molecule has 1 aliphatic rings. The van der Waals surface area contributed by atoms with E-state index >= 15 is 0 Å². The fraction of sp³-hybridized carbons (Fsp3) is 0.625. The molecule has 0 saturated heterocycles. The number of rotatable bonds is 5. The van der Waals surface area contributed by atoms with Gasteiger partial charge in [-0.2, -0.15) is 0 Å². The Morgan fingerprint density at radius 2 is 1.95 bits per heavy atom. The summed E-state index contributed by atoms with van der Waals surface area (Å²) in [7, 11) is 5.89. The van der Waals surface area contributed by atoms with Crippen LogP contribution >= 0.6 is 0 Å². The lowest BCUT2D eigenvalue weighted by molar-refractivity contribution is 0.113. The summed E-state index contributed by atoms with van der Waals surface area (Å²) in [5.74, 6) is 0.941. The van der Waals surface area contributed by atoms with Gasteiger partial charge in [-0.1, -0.05) is 6.07 Å². The second-order valence-corrected chi connectivity index (χ2v) is 6.08. The molecule has 1 aromatic rings. The van der Waals surface area contributed by atoms with E-state index in [2.05, 4.69) is 45.0 Å². The number of aliphatic hydroxyl groups excluding tert-OH is 1. The molecule has 3 nitrogen and oxygen atoms in total. The molecule has 1 fully saturated rings. The standard InChI is InChI=1S/C16H25NO2/c1-11-8-12(2)14(13(9-11)19-5)15(17(3)4)16(10-18)6-7-16/h8-9,15,18H,6-7,10H2,1-5H3. The van der Waals surface area contributed by atoms with Gasteiger partial charge in [-0.05, 0) is 58.0 Å². The average molecular weight is 263 g/mol. The van der Waals surface area contributed by atoms with E-state index in [1.54, 1.807) is 7.11 Å². The highest BCUT2D eigenvalue weighted by atomic mass is 16.5. The van der Waals surface area contributed by atoms with Crippen LogP contribution in [0.4, 0.5) is 0 Å². The number of ether oxygens (including phenoxy) is 1. The van der Waals surface area contributed by atoms with Crippen molar-refractivity contribution in [3.63, 3.8) is 0 Å². The fourth-order valence-corrected chi connectivity index (χ4v) is 3.25. The molecule has 0 aliphatic heterocycles. The second-order valence-electron chi connectivity index (χ2n) is 6.08. The van der Waals surface area contributed by atoms with Crippen LogP contribution in [-0.4, -0.2) is 37.8 Å². The summed E-state index contributed by atoms with van der Waals surface area (Å²) in [5.41, 5.74) is 3.70. The van der Waals surface area contributed by atoms with E-state index in [-0.39, 0.29) is 18.1 Å². The normalized spacial score (nSPS) is 18.5. The van der Waals surface area contributed by atoms with Crippen molar-refractivity contribution >= 4 is 0 Å². The van der Waals surface area contributed by atoms with Crippen LogP contribution in [0.25, 0.3) is 0 Å². The number of aryl methyl sites for hydroxylation is 2. The summed E-state index contributed by atoms with van der Waals surface area (Å²) in [5, 5.41) is 9.78. The first-order valence-electron chi connectivity index (χ1n) is 6.87. The minimum atomic E-state index is 0.0107. The van der Waals surface area contributed by atoms with Gasteiger partial charge < -0.3 is 14.7 Å². The summed E-state index contributed by atoms with van der Waals surface area (Å²) in [6.07, 6.45) is 2.17. The van der Waals surface area contributed by atoms with Gasteiger partial charge in [0.25, 0.3) is 0 Å². The molecule has 0 heterocycles. The Morgan fingerprint density at radius 3 is 2.37 bits per heavy atom. The van der Waals surface area contributed by atoms with Gasteiger partial charge in [-0.3, -0.25) is 0 Å². The summed E-state index contributed by atoms with van der Waals surface area (Å²) >= 11 is 0. The van der Waals surface area contributed by atoms with E-state index < -0.39 is 0 Å². The van der Waals surface area contributed by atoms with Crippen LogP contribution in [0, 0.1) is 19.3 Å². The maximum Gasteiger partial charge on any atom is 0.124 e. The highest BCUT2D eigenvalue weighted by Crippen LogP contribution is 2.58. The summed E-state index contributed by atoms with van der Waals surface area (Å²) in [6.45, 7) is 4.46. The maximum absolute atomic E-state index is 9.78. The number of aliphatic hydroxyl groups is 1. The molecule has 3 heteroatoms. The van der Waals surface area contributed by atoms with Crippen molar-refractivity contribution in [2.45, 2.75) is 32.7 Å². The van der Waals surface area contributed by atoms with Crippen LogP contribution < -0.4 is 4.74 Å². The average Bonchev–Trinajstić information content (AvgIpc) is 3.12. The molecule has 0 bridgehead atoms. The molecule has 1 aliphatic carbocycles. The topological polar surface area (TPSA) is 32.7 Å². The predicted octanol–water partition coefficient (Wildman–Crippen LogP) is 2.69. The van der Waals surface area contributed by atoms with Crippen molar-refractivity contribution in [1.29, 1.82) is 0 Å². The lowest BCUT2D eigenvalue weighted by Gasteiger charge is -2.34. The second kappa shape index (κ2) is 5.14. The zero-order valence-corrected chi connectivity index (χ0v) is 12.7. The van der Waals surface area contributed by atoms with Gasteiger partial charge in [0.05, 0.1) is 13.7 Å². The number of methoxy groups -OCH3 is 1. The largest absolute Gasteiger partial charge is 0.496 e. The first-order chi connectivity index (χ1) is 8.95. The summed E-state index contributed by atoms with van der Waals surface area (Å²) in [4.78, 5) is 2.21. The molecular weight excluding hydrogens is 238 g/mol. The van der Waals surface area contributed by atoms with Crippen molar-refractivity contribution in [2.75, 3.05) is 27.8 Å². The molecule has 19 heavy (non-hydrogen) atoms. The van der Waals surface area contributed by atoms with Crippen LogP contribution in [0.3, 0.4) is 0 Å². The quantitative estimate of drug-likeness (QED) is 0.886. The first-order valence-corrected chi connectivity index (χ1v) is 6.87. The van der Waals surface area contributed by atoms with Crippen LogP contribution in [0.15, 0.2) is 12.1 Å². The van der Waals surface area contributed by atoms with Crippen molar-refractivity contribution in [2.24, 2.45) is 5.41 Å². The van der Waals surface area contributed by atoms with Crippen LogP contribution in [0.2, 0.25) is 0 Å². The molecular formula is C16H25NO2. The smallest absolute Gasteiger partial charge is 0.124 e. The number of hydrogen-bond donors (Lipinski definition) is 1. The van der Waals surface area contributed by atoms with E-state index in [1.807, 2.05) is 0 Å². The predicted molar refractivity (Wildman–Crippen MR) is 77.6 cm³/mol.